The summed E-state index contributed by atoms with van der Waals surface area (Å²) in [4.78, 5) is 0.151. The van der Waals surface area contributed by atoms with Crippen LogP contribution in [-0.4, -0.2) is 20.1 Å². The molecular weight excluding hydrogens is 542 g/mol. The van der Waals surface area contributed by atoms with E-state index in [0.717, 1.165) is 19.3 Å². The highest BCUT2D eigenvalue weighted by molar-refractivity contribution is 7.92. The fraction of sp³-hybridized carbons (Fsp3) is 0.667. The van der Waals surface area contributed by atoms with Crippen molar-refractivity contribution in [3.63, 3.8) is 0 Å². The van der Waals surface area contributed by atoms with Crippen LogP contribution >= 0.6 is 0 Å². The number of phenolic OH excluding ortho intramolecular Hbond substituents is 1. The van der Waals surface area contributed by atoms with Crippen molar-refractivity contribution < 1.29 is 18.3 Å². The van der Waals surface area contributed by atoms with Crippen LogP contribution in [0.3, 0.4) is 0 Å². The summed E-state index contributed by atoms with van der Waals surface area (Å²) in [6.45, 7) is 13.5. The third-order valence-electron chi connectivity index (χ3n) is 7.84. The van der Waals surface area contributed by atoms with Crippen LogP contribution in [0.5, 0.6) is 11.5 Å². The smallest absolute Gasteiger partial charge is 0.262 e. The van der Waals surface area contributed by atoms with E-state index in [1.807, 2.05) is 0 Å². The highest BCUT2D eigenvalue weighted by Gasteiger charge is 2.35. The molecule has 0 radical (unpaired) electrons. The molecule has 5 nitrogen and oxygen atoms in total. The molecule has 0 unspecified atom stereocenters. The molecule has 0 saturated heterocycles. The Hall–Kier alpha value is -2.21. The molecule has 2 aromatic carbocycles. The number of benzene rings is 2. The Balaban J connectivity index is 1.96. The molecule has 0 atom stereocenters. The zero-order valence-corrected chi connectivity index (χ0v) is 28.3. The molecule has 0 aliphatic carbocycles. The van der Waals surface area contributed by atoms with Crippen LogP contribution in [0.2, 0.25) is 0 Å². The van der Waals surface area contributed by atoms with Gasteiger partial charge in [0.05, 0.1) is 17.2 Å². The van der Waals surface area contributed by atoms with E-state index >= 15 is 0 Å². The van der Waals surface area contributed by atoms with Crippen molar-refractivity contribution in [1.82, 2.24) is 0 Å². The van der Waals surface area contributed by atoms with Crippen LogP contribution in [0.4, 0.5) is 5.69 Å². The number of ether oxygens (including phenoxy) is 1. The fourth-order valence-corrected chi connectivity index (χ4v) is 7.26. The summed E-state index contributed by atoms with van der Waals surface area (Å²) in [7, 11) is -3.90. The zero-order chi connectivity index (χ0) is 31.1. The molecule has 0 amide bonds. The number of nitrogens with one attached hydrogen (secondary N) is 1. The van der Waals surface area contributed by atoms with Crippen LogP contribution in [0.1, 0.15) is 143 Å². The number of hydrogen-bond acceptors (Lipinski definition) is 4. The van der Waals surface area contributed by atoms with Crippen LogP contribution in [0, 0.1) is 5.41 Å². The van der Waals surface area contributed by atoms with E-state index in [2.05, 4.69) is 46.3 Å². The Morgan fingerprint density at radius 1 is 0.714 bits per heavy atom. The molecule has 0 aromatic heterocycles. The maximum absolute atomic E-state index is 13.3. The van der Waals surface area contributed by atoms with Crippen molar-refractivity contribution in [2.24, 2.45) is 5.41 Å². The lowest BCUT2D eigenvalue weighted by atomic mass is 9.71. The van der Waals surface area contributed by atoms with Crippen molar-refractivity contribution in [2.45, 2.75) is 148 Å². The van der Waals surface area contributed by atoms with Crippen molar-refractivity contribution >= 4 is 15.7 Å². The van der Waals surface area contributed by atoms with Gasteiger partial charge in [-0.2, -0.15) is 0 Å². The summed E-state index contributed by atoms with van der Waals surface area (Å²) in [6.07, 6.45) is 19.0. The first-order valence-electron chi connectivity index (χ1n) is 16.4. The van der Waals surface area contributed by atoms with Gasteiger partial charge in [0.2, 0.25) is 0 Å². The number of phenols is 1. The minimum Gasteiger partial charge on any atom is -0.506 e. The molecule has 6 heteroatoms. The Labute approximate surface area is 257 Å². The predicted molar refractivity (Wildman–Crippen MR) is 178 cm³/mol. The van der Waals surface area contributed by atoms with E-state index in [0.29, 0.717) is 17.9 Å². The molecule has 238 valence electrons. The molecule has 0 aliphatic rings. The van der Waals surface area contributed by atoms with Gasteiger partial charge in [-0.1, -0.05) is 143 Å². The Morgan fingerprint density at radius 3 is 1.71 bits per heavy atom. The molecular formula is C36H59NO4S. The summed E-state index contributed by atoms with van der Waals surface area (Å²) in [5.41, 5.74) is 0.418. The van der Waals surface area contributed by atoms with Crippen LogP contribution < -0.4 is 9.46 Å². The SMILES string of the molecule is CCCCCCCCCCCCCCCCOc1ccc(O)c(NS(=O)(=O)c2ccccc2)c1C(C)(C)CC(C)(C)C. The third kappa shape index (κ3) is 13.0. The van der Waals surface area contributed by atoms with Crippen molar-refractivity contribution in [3.8, 4) is 11.5 Å². The van der Waals surface area contributed by atoms with Crippen LogP contribution in [-0.2, 0) is 15.4 Å². The molecule has 2 N–H and O–H groups in total. The standard InChI is InChI=1S/C36H59NO4S/c1-7-8-9-10-11-12-13-14-15-16-17-18-19-23-28-41-32-27-26-31(38)34(33(32)36(5,6)29-35(2,3)4)37-42(39,40)30-24-21-20-22-25-30/h20-22,24-27,37-38H,7-19,23,28-29H2,1-6H3. The summed E-state index contributed by atoms with van der Waals surface area (Å²) < 4.78 is 35.6. The maximum atomic E-state index is 13.3. The van der Waals surface area contributed by atoms with Gasteiger partial charge in [0, 0.05) is 5.56 Å². The molecule has 0 aliphatic heterocycles. The van der Waals surface area contributed by atoms with Gasteiger partial charge < -0.3 is 9.84 Å². The molecule has 2 aromatic rings. The molecule has 0 heterocycles. The maximum Gasteiger partial charge on any atom is 0.262 e. The van der Waals surface area contributed by atoms with Gasteiger partial charge in [-0.15, -0.1) is 0 Å². The highest BCUT2D eigenvalue weighted by atomic mass is 32.2. The second-order valence-corrected chi connectivity index (χ2v) is 15.5. The van der Waals surface area contributed by atoms with Gasteiger partial charge in [0.1, 0.15) is 11.5 Å². The molecule has 0 bridgehead atoms. The summed E-state index contributed by atoms with van der Waals surface area (Å²) in [5, 5.41) is 10.9. The molecule has 0 spiro atoms. The molecule has 42 heavy (non-hydrogen) atoms. The Morgan fingerprint density at radius 2 is 1.21 bits per heavy atom. The van der Waals surface area contributed by atoms with Gasteiger partial charge in [-0.25, -0.2) is 8.42 Å². The van der Waals surface area contributed by atoms with E-state index in [-0.39, 0.29) is 21.7 Å². The summed E-state index contributed by atoms with van der Waals surface area (Å²) in [6, 6.07) is 11.6. The third-order valence-corrected chi connectivity index (χ3v) is 9.21. The Kier molecular flexibility index (Phi) is 15.2. The number of unbranched alkanes of at least 4 members (excludes halogenated alkanes) is 13. The predicted octanol–water partition coefficient (Wildman–Crippen LogP) is 10.8. The first-order chi connectivity index (χ1) is 19.9. The first kappa shape index (κ1) is 36.0. The average Bonchev–Trinajstić information content (AvgIpc) is 2.91. The quantitative estimate of drug-likeness (QED) is 0.110. The minimum absolute atomic E-state index is 0.0174. The van der Waals surface area contributed by atoms with E-state index < -0.39 is 15.4 Å². The Bertz CT molecular complexity index is 1140. The number of anilines is 1. The molecule has 2 rings (SSSR count). The van der Waals surface area contributed by atoms with E-state index in [1.165, 1.54) is 83.1 Å². The fourth-order valence-electron chi connectivity index (χ4n) is 6.15. The summed E-state index contributed by atoms with van der Waals surface area (Å²) >= 11 is 0. The number of rotatable bonds is 21. The van der Waals surface area contributed by atoms with Gasteiger partial charge in [0.15, 0.2) is 0 Å². The minimum atomic E-state index is -3.90. The van der Waals surface area contributed by atoms with Gasteiger partial charge in [0.25, 0.3) is 10.0 Å². The normalized spacial score (nSPS) is 12.4. The van der Waals surface area contributed by atoms with Gasteiger partial charge >= 0.3 is 0 Å². The van der Waals surface area contributed by atoms with E-state index in [4.69, 9.17) is 4.74 Å². The van der Waals surface area contributed by atoms with Crippen LogP contribution in [0.25, 0.3) is 0 Å². The monoisotopic (exact) mass is 601 g/mol. The van der Waals surface area contributed by atoms with Gasteiger partial charge in [-0.05, 0) is 47.9 Å². The second kappa shape index (κ2) is 17.8. The second-order valence-electron chi connectivity index (χ2n) is 13.8. The van der Waals surface area contributed by atoms with Crippen molar-refractivity contribution in [2.75, 3.05) is 11.3 Å². The first-order valence-corrected chi connectivity index (χ1v) is 17.9. The molecule has 0 saturated carbocycles. The van der Waals surface area contributed by atoms with E-state index in [9.17, 15) is 13.5 Å². The summed E-state index contributed by atoms with van der Waals surface area (Å²) in [5.74, 6) is 0.526. The van der Waals surface area contributed by atoms with Gasteiger partial charge in [-0.3, -0.25) is 4.72 Å². The number of aromatic hydroxyl groups is 1. The zero-order valence-electron chi connectivity index (χ0n) is 27.4. The van der Waals surface area contributed by atoms with E-state index in [1.54, 1.807) is 36.4 Å². The largest absolute Gasteiger partial charge is 0.506 e. The lowest BCUT2D eigenvalue weighted by Crippen LogP contribution is -2.28. The topological polar surface area (TPSA) is 75.6 Å². The average molecular weight is 602 g/mol. The van der Waals surface area contributed by atoms with Crippen LogP contribution in [0.15, 0.2) is 47.4 Å². The van der Waals surface area contributed by atoms with Crippen molar-refractivity contribution in [1.29, 1.82) is 0 Å². The lowest BCUT2D eigenvalue weighted by molar-refractivity contribution is 0.263. The molecule has 0 fully saturated rings. The highest BCUT2D eigenvalue weighted by Crippen LogP contribution is 2.47. The lowest BCUT2D eigenvalue weighted by Gasteiger charge is -2.35. The number of sulfonamides is 1. The van der Waals surface area contributed by atoms with Crippen molar-refractivity contribution in [3.05, 3.63) is 48.0 Å². The number of hydrogen-bond donors (Lipinski definition) is 2.